The van der Waals surface area contributed by atoms with Gasteiger partial charge in [-0.3, -0.25) is 9.63 Å². The summed E-state index contributed by atoms with van der Waals surface area (Å²) in [5.41, 5.74) is 1.38. The molecule has 7 heteroatoms. The minimum absolute atomic E-state index is 0.00164. The van der Waals surface area contributed by atoms with Crippen molar-refractivity contribution in [2.24, 2.45) is 0 Å². The Labute approximate surface area is 167 Å². The van der Waals surface area contributed by atoms with Gasteiger partial charge < -0.3 is 5.32 Å². The Morgan fingerprint density at radius 1 is 1.14 bits per heavy atom. The Balaban J connectivity index is 2.12. The zero-order chi connectivity index (χ0) is 20.9. The van der Waals surface area contributed by atoms with Gasteiger partial charge in [-0.15, -0.1) is 0 Å². The number of sulfonamides is 1. The van der Waals surface area contributed by atoms with Crippen molar-refractivity contribution >= 4 is 15.9 Å². The Hall–Kier alpha value is -2.22. The maximum atomic E-state index is 12.6. The first-order valence-electron chi connectivity index (χ1n) is 9.07. The van der Waals surface area contributed by atoms with Crippen LogP contribution in [0.5, 0.6) is 0 Å². The molecule has 2 aromatic rings. The van der Waals surface area contributed by atoms with E-state index in [1.165, 1.54) is 31.9 Å². The molecule has 1 atom stereocenters. The van der Waals surface area contributed by atoms with Crippen LogP contribution in [0.1, 0.15) is 43.1 Å². The number of hydrogen-bond donors (Lipinski definition) is 1. The fraction of sp³-hybridized carbons (Fsp3) is 0.381. The highest BCUT2D eigenvalue weighted by Gasteiger charge is 2.25. The SMILES string of the molecule is CON(C)S(=O)(=O)c1cccc(C(=O)NC(C)CC(C)(C)c2ccccc2)c1. The quantitative estimate of drug-likeness (QED) is 0.685. The smallest absolute Gasteiger partial charge is 0.264 e. The molecular formula is C21H28N2O4S. The molecule has 28 heavy (non-hydrogen) atoms. The van der Waals surface area contributed by atoms with Crippen LogP contribution in [0.4, 0.5) is 0 Å². The monoisotopic (exact) mass is 404 g/mol. The standard InChI is InChI=1S/C21H28N2O4S/c1-16(15-21(2,3)18-11-7-6-8-12-18)22-20(24)17-10-9-13-19(14-17)28(25,26)23(4)27-5/h6-14,16H,15H2,1-5H3,(H,22,24). The fourth-order valence-electron chi connectivity index (χ4n) is 3.18. The molecule has 0 heterocycles. The minimum Gasteiger partial charge on any atom is -0.350 e. The van der Waals surface area contributed by atoms with Gasteiger partial charge >= 0.3 is 0 Å². The summed E-state index contributed by atoms with van der Waals surface area (Å²) in [4.78, 5) is 17.4. The third kappa shape index (κ3) is 5.19. The number of nitrogens with one attached hydrogen (secondary N) is 1. The summed E-state index contributed by atoms with van der Waals surface area (Å²) < 4.78 is 25.5. The van der Waals surface area contributed by atoms with Crippen molar-refractivity contribution in [3.63, 3.8) is 0 Å². The van der Waals surface area contributed by atoms with Crippen molar-refractivity contribution in [2.45, 2.75) is 43.5 Å². The third-order valence-electron chi connectivity index (χ3n) is 4.74. The van der Waals surface area contributed by atoms with Crippen LogP contribution in [0.15, 0.2) is 59.5 Å². The number of amides is 1. The average molecular weight is 405 g/mol. The molecule has 6 nitrogen and oxygen atoms in total. The van der Waals surface area contributed by atoms with Gasteiger partial charge in [0.05, 0.1) is 12.0 Å². The second kappa shape index (κ2) is 8.86. The van der Waals surface area contributed by atoms with Crippen LogP contribution in [0.2, 0.25) is 0 Å². The van der Waals surface area contributed by atoms with Crippen molar-refractivity contribution in [1.82, 2.24) is 9.79 Å². The minimum atomic E-state index is -3.81. The Morgan fingerprint density at radius 2 is 1.79 bits per heavy atom. The number of nitrogens with zero attached hydrogens (tertiary/aromatic N) is 1. The predicted octanol–water partition coefficient (Wildman–Crippen LogP) is 3.35. The third-order valence-corrected chi connectivity index (χ3v) is 6.41. The van der Waals surface area contributed by atoms with E-state index in [0.29, 0.717) is 0 Å². The first-order chi connectivity index (χ1) is 13.1. The molecule has 2 aromatic carbocycles. The first kappa shape index (κ1) is 22.1. The van der Waals surface area contributed by atoms with Crippen molar-refractivity contribution < 1.29 is 18.0 Å². The maximum absolute atomic E-state index is 12.6. The van der Waals surface area contributed by atoms with E-state index in [1.54, 1.807) is 12.1 Å². The number of carbonyl (C=O) groups is 1. The fourth-order valence-corrected chi connectivity index (χ4v) is 4.19. The van der Waals surface area contributed by atoms with Crippen molar-refractivity contribution in [1.29, 1.82) is 0 Å². The van der Waals surface area contributed by atoms with Gasteiger partial charge in [-0.25, -0.2) is 8.42 Å². The molecule has 0 bridgehead atoms. The normalized spacial score (nSPS) is 13.4. The summed E-state index contributed by atoms with van der Waals surface area (Å²) in [6, 6.07) is 16.0. The van der Waals surface area contributed by atoms with Crippen LogP contribution >= 0.6 is 0 Å². The van der Waals surface area contributed by atoms with Crippen molar-refractivity contribution in [3.05, 3.63) is 65.7 Å². The van der Waals surface area contributed by atoms with Crippen LogP contribution in [-0.4, -0.2) is 39.0 Å². The molecule has 0 aliphatic heterocycles. The molecule has 0 aliphatic rings. The molecule has 0 saturated carbocycles. The average Bonchev–Trinajstić information content (AvgIpc) is 2.67. The maximum Gasteiger partial charge on any atom is 0.264 e. The van der Waals surface area contributed by atoms with Gasteiger partial charge in [0.25, 0.3) is 15.9 Å². The van der Waals surface area contributed by atoms with Gasteiger partial charge in [0.2, 0.25) is 0 Å². The molecule has 0 saturated heterocycles. The Morgan fingerprint density at radius 3 is 2.39 bits per heavy atom. The molecule has 1 N–H and O–H groups in total. The van der Waals surface area contributed by atoms with E-state index in [2.05, 4.69) is 31.3 Å². The lowest BCUT2D eigenvalue weighted by atomic mass is 9.79. The van der Waals surface area contributed by atoms with Crippen LogP contribution in [0, 0.1) is 0 Å². The number of hydroxylamine groups is 1. The van der Waals surface area contributed by atoms with E-state index in [-0.39, 0.29) is 27.8 Å². The van der Waals surface area contributed by atoms with Crippen LogP contribution in [-0.2, 0) is 20.3 Å². The first-order valence-corrected chi connectivity index (χ1v) is 10.5. The number of hydrogen-bond acceptors (Lipinski definition) is 4. The zero-order valence-electron chi connectivity index (χ0n) is 17.0. The molecule has 1 amide bonds. The summed E-state index contributed by atoms with van der Waals surface area (Å²) in [6.45, 7) is 6.22. The van der Waals surface area contributed by atoms with Gasteiger partial charge in [0, 0.05) is 18.7 Å². The summed E-state index contributed by atoms with van der Waals surface area (Å²) >= 11 is 0. The van der Waals surface area contributed by atoms with E-state index < -0.39 is 10.0 Å². The molecule has 0 fully saturated rings. The van der Waals surface area contributed by atoms with Crippen LogP contribution in [0.3, 0.4) is 0 Å². The predicted molar refractivity (Wildman–Crippen MR) is 109 cm³/mol. The molecule has 152 valence electrons. The lowest BCUT2D eigenvalue weighted by Gasteiger charge is -2.29. The van der Waals surface area contributed by atoms with E-state index in [0.717, 1.165) is 10.9 Å². The lowest BCUT2D eigenvalue weighted by molar-refractivity contribution is -0.0258. The largest absolute Gasteiger partial charge is 0.350 e. The number of benzene rings is 2. The van der Waals surface area contributed by atoms with Gasteiger partial charge in [-0.05, 0) is 42.5 Å². The molecule has 2 rings (SSSR count). The highest BCUT2D eigenvalue weighted by atomic mass is 32.2. The molecule has 0 aliphatic carbocycles. The van der Waals surface area contributed by atoms with E-state index in [1.807, 2.05) is 25.1 Å². The van der Waals surface area contributed by atoms with Gasteiger partial charge in [-0.1, -0.05) is 54.7 Å². The van der Waals surface area contributed by atoms with Crippen LogP contribution in [0.25, 0.3) is 0 Å². The van der Waals surface area contributed by atoms with E-state index in [4.69, 9.17) is 4.84 Å². The van der Waals surface area contributed by atoms with E-state index in [9.17, 15) is 13.2 Å². The topological polar surface area (TPSA) is 75.7 Å². The molecule has 0 spiro atoms. The second-order valence-corrected chi connectivity index (χ2v) is 9.39. The highest BCUT2D eigenvalue weighted by Crippen LogP contribution is 2.28. The molecule has 0 radical (unpaired) electrons. The number of carbonyl (C=O) groups excluding carboxylic acids is 1. The number of rotatable bonds is 8. The summed E-state index contributed by atoms with van der Waals surface area (Å²) in [5, 5.41) is 2.97. The molecular weight excluding hydrogens is 376 g/mol. The summed E-state index contributed by atoms with van der Waals surface area (Å²) in [7, 11) is -1.24. The van der Waals surface area contributed by atoms with E-state index >= 15 is 0 Å². The summed E-state index contributed by atoms with van der Waals surface area (Å²) in [5.74, 6) is -0.312. The van der Waals surface area contributed by atoms with Gasteiger partial charge in [-0.2, -0.15) is 0 Å². The van der Waals surface area contributed by atoms with Crippen LogP contribution < -0.4 is 5.32 Å². The summed E-state index contributed by atoms with van der Waals surface area (Å²) in [6.07, 6.45) is 0.743. The second-order valence-electron chi connectivity index (χ2n) is 7.45. The lowest BCUT2D eigenvalue weighted by Crippen LogP contribution is -2.37. The zero-order valence-corrected chi connectivity index (χ0v) is 17.8. The van der Waals surface area contributed by atoms with Gasteiger partial charge in [0.1, 0.15) is 0 Å². The molecule has 1 unspecified atom stereocenters. The van der Waals surface area contributed by atoms with Gasteiger partial charge in [0.15, 0.2) is 0 Å². The Bertz CT molecular complexity index is 911. The Kier molecular flexibility index (Phi) is 6.98. The molecule has 0 aromatic heterocycles. The van der Waals surface area contributed by atoms with Crippen molar-refractivity contribution in [3.8, 4) is 0 Å². The van der Waals surface area contributed by atoms with Crippen molar-refractivity contribution in [2.75, 3.05) is 14.2 Å². The highest BCUT2D eigenvalue weighted by molar-refractivity contribution is 7.89.